The number of carbonyl (C=O) groups is 1. The Bertz CT molecular complexity index is 800. The molecule has 1 atom stereocenters. The summed E-state index contributed by atoms with van der Waals surface area (Å²) in [6, 6.07) is 6.38. The van der Waals surface area contributed by atoms with Crippen LogP contribution in [0.15, 0.2) is 18.2 Å². The number of aryl methyl sites for hydroxylation is 2. The van der Waals surface area contributed by atoms with E-state index >= 15 is 0 Å². The van der Waals surface area contributed by atoms with E-state index in [0.717, 1.165) is 54.9 Å². The summed E-state index contributed by atoms with van der Waals surface area (Å²) < 4.78 is 5.17. The highest BCUT2D eigenvalue weighted by molar-refractivity contribution is 5.82. The number of amides is 1. The Kier molecular flexibility index (Phi) is 6.26. The molecule has 1 aromatic carbocycles. The first-order valence-corrected chi connectivity index (χ1v) is 9.81. The van der Waals surface area contributed by atoms with Crippen molar-refractivity contribution in [2.45, 2.75) is 46.1 Å². The minimum atomic E-state index is 0.0518. The maximum absolute atomic E-state index is 12.5. The first-order chi connectivity index (χ1) is 13.0. The quantitative estimate of drug-likeness (QED) is 0.847. The summed E-state index contributed by atoms with van der Waals surface area (Å²) in [5.74, 6) is 0.969. The van der Waals surface area contributed by atoms with Gasteiger partial charge in [-0.05, 0) is 44.7 Å². The second-order valence-electron chi connectivity index (χ2n) is 7.46. The molecule has 1 saturated heterocycles. The van der Waals surface area contributed by atoms with Gasteiger partial charge in [0.25, 0.3) is 0 Å². The van der Waals surface area contributed by atoms with Gasteiger partial charge in [0.15, 0.2) is 0 Å². The molecule has 0 spiro atoms. The molecule has 0 aliphatic carbocycles. The van der Waals surface area contributed by atoms with Crippen molar-refractivity contribution in [2.24, 2.45) is 5.92 Å². The maximum Gasteiger partial charge on any atom is 0.226 e. The predicted octanol–water partition coefficient (Wildman–Crippen LogP) is 3.00. The maximum atomic E-state index is 12.5. The molecule has 1 aliphatic rings. The Morgan fingerprint density at radius 3 is 2.70 bits per heavy atom. The Morgan fingerprint density at radius 2 is 2.04 bits per heavy atom. The van der Waals surface area contributed by atoms with Gasteiger partial charge in [-0.3, -0.25) is 4.79 Å². The lowest BCUT2D eigenvalue weighted by molar-refractivity contribution is -0.126. The Hall–Kier alpha value is -2.21. The zero-order valence-corrected chi connectivity index (χ0v) is 16.8. The van der Waals surface area contributed by atoms with Gasteiger partial charge >= 0.3 is 0 Å². The number of hydrogen-bond acceptors (Lipinski definition) is 5. The van der Waals surface area contributed by atoms with Crippen LogP contribution in [0, 0.1) is 19.8 Å². The monoisotopic (exact) mass is 370 g/mol. The third kappa shape index (κ3) is 4.56. The molecular weight excluding hydrogens is 340 g/mol. The number of piperidine rings is 1. The number of fused-ring (bicyclic) bond motifs is 1. The molecule has 2 heterocycles. The molecule has 1 fully saturated rings. The second-order valence-corrected chi connectivity index (χ2v) is 7.46. The lowest BCUT2D eigenvalue weighted by atomic mass is 9.95. The molecule has 1 aliphatic heterocycles. The van der Waals surface area contributed by atoms with Crippen molar-refractivity contribution in [1.29, 1.82) is 0 Å². The van der Waals surface area contributed by atoms with Gasteiger partial charge in [0, 0.05) is 31.5 Å². The van der Waals surface area contributed by atoms with Crippen LogP contribution < -0.4 is 10.2 Å². The van der Waals surface area contributed by atoms with E-state index in [1.807, 2.05) is 6.92 Å². The van der Waals surface area contributed by atoms with Gasteiger partial charge in [-0.1, -0.05) is 19.1 Å². The predicted molar refractivity (Wildman–Crippen MR) is 108 cm³/mol. The smallest absolute Gasteiger partial charge is 0.226 e. The number of methoxy groups -OCH3 is 1. The van der Waals surface area contributed by atoms with Crippen LogP contribution >= 0.6 is 0 Å². The highest BCUT2D eigenvalue weighted by Crippen LogP contribution is 2.24. The van der Waals surface area contributed by atoms with Crippen LogP contribution in [0.3, 0.4) is 0 Å². The highest BCUT2D eigenvalue weighted by Gasteiger charge is 2.27. The van der Waals surface area contributed by atoms with E-state index in [1.165, 1.54) is 5.56 Å². The molecular formula is C21H30N4O2. The summed E-state index contributed by atoms with van der Waals surface area (Å²) in [5, 5.41) is 4.22. The van der Waals surface area contributed by atoms with Crippen molar-refractivity contribution in [1.82, 2.24) is 15.3 Å². The van der Waals surface area contributed by atoms with Crippen molar-refractivity contribution in [3.05, 3.63) is 29.5 Å². The molecule has 2 aromatic rings. The number of benzene rings is 1. The van der Waals surface area contributed by atoms with Gasteiger partial charge < -0.3 is 15.0 Å². The number of carbonyl (C=O) groups excluding carboxylic acids is 1. The van der Waals surface area contributed by atoms with Crippen molar-refractivity contribution in [2.75, 3.05) is 31.7 Å². The number of nitrogens with one attached hydrogen (secondary N) is 1. The summed E-state index contributed by atoms with van der Waals surface area (Å²) in [4.78, 5) is 24.2. The van der Waals surface area contributed by atoms with E-state index in [1.54, 1.807) is 7.11 Å². The fourth-order valence-corrected chi connectivity index (χ4v) is 3.65. The minimum absolute atomic E-state index is 0.0518. The lowest BCUT2D eigenvalue weighted by Gasteiger charge is -2.32. The topological polar surface area (TPSA) is 67.3 Å². The molecule has 1 N–H and O–H groups in total. The third-order valence-electron chi connectivity index (χ3n) is 5.39. The number of hydrogen-bond donors (Lipinski definition) is 1. The molecule has 1 aromatic heterocycles. The van der Waals surface area contributed by atoms with E-state index in [9.17, 15) is 4.79 Å². The highest BCUT2D eigenvalue weighted by atomic mass is 16.5. The van der Waals surface area contributed by atoms with E-state index in [-0.39, 0.29) is 17.9 Å². The molecule has 27 heavy (non-hydrogen) atoms. The van der Waals surface area contributed by atoms with Crippen LogP contribution in [0.2, 0.25) is 0 Å². The van der Waals surface area contributed by atoms with Crippen LogP contribution in [0.5, 0.6) is 0 Å². The largest absolute Gasteiger partial charge is 0.383 e. The number of anilines is 1. The second kappa shape index (κ2) is 8.65. The van der Waals surface area contributed by atoms with E-state index in [0.29, 0.717) is 6.61 Å². The fourth-order valence-electron chi connectivity index (χ4n) is 3.65. The van der Waals surface area contributed by atoms with E-state index < -0.39 is 0 Å². The average Bonchev–Trinajstić information content (AvgIpc) is 2.67. The SMILES string of the molecule is CCC(COC)NC(=O)C1CCN(c2nc(C)c3ccc(C)cc3n2)CC1. The summed E-state index contributed by atoms with van der Waals surface area (Å²) in [6.07, 6.45) is 2.52. The Labute approximate surface area is 161 Å². The molecule has 1 unspecified atom stereocenters. The van der Waals surface area contributed by atoms with E-state index in [4.69, 9.17) is 14.7 Å². The standard InChI is InChI=1S/C21H30N4O2/c1-5-17(13-27-4)23-20(26)16-8-10-25(11-9-16)21-22-15(3)18-7-6-14(2)12-19(18)24-21/h6-7,12,16-17H,5,8-11,13H2,1-4H3,(H,23,26). The van der Waals surface area contributed by atoms with Gasteiger partial charge in [0.1, 0.15) is 0 Å². The van der Waals surface area contributed by atoms with Gasteiger partial charge in [-0.25, -0.2) is 9.97 Å². The molecule has 6 heteroatoms. The molecule has 3 rings (SSSR count). The van der Waals surface area contributed by atoms with Crippen molar-refractivity contribution < 1.29 is 9.53 Å². The molecule has 0 bridgehead atoms. The Balaban J connectivity index is 1.65. The van der Waals surface area contributed by atoms with E-state index in [2.05, 4.69) is 42.3 Å². The zero-order chi connectivity index (χ0) is 19.4. The number of ether oxygens (including phenoxy) is 1. The lowest BCUT2D eigenvalue weighted by Crippen LogP contribution is -2.45. The van der Waals surface area contributed by atoms with Crippen LogP contribution in [0.1, 0.15) is 37.4 Å². The molecule has 6 nitrogen and oxygen atoms in total. The molecule has 0 saturated carbocycles. The summed E-state index contributed by atoms with van der Waals surface area (Å²) in [5.41, 5.74) is 3.19. The molecule has 0 radical (unpaired) electrons. The number of aromatic nitrogens is 2. The van der Waals surface area contributed by atoms with Gasteiger partial charge in [-0.15, -0.1) is 0 Å². The first-order valence-electron chi connectivity index (χ1n) is 9.81. The van der Waals surface area contributed by atoms with Crippen LogP contribution in [-0.2, 0) is 9.53 Å². The van der Waals surface area contributed by atoms with Crippen molar-refractivity contribution in [3.63, 3.8) is 0 Å². The zero-order valence-electron chi connectivity index (χ0n) is 16.8. The normalized spacial score (nSPS) is 16.5. The van der Waals surface area contributed by atoms with Gasteiger partial charge in [0.05, 0.1) is 23.9 Å². The van der Waals surface area contributed by atoms with Crippen LogP contribution in [0.25, 0.3) is 10.9 Å². The summed E-state index contributed by atoms with van der Waals surface area (Å²) >= 11 is 0. The minimum Gasteiger partial charge on any atom is -0.383 e. The molecule has 1 amide bonds. The van der Waals surface area contributed by atoms with Gasteiger partial charge in [0.2, 0.25) is 11.9 Å². The first kappa shape index (κ1) is 19.5. The van der Waals surface area contributed by atoms with Crippen LogP contribution in [-0.4, -0.2) is 48.7 Å². The van der Waals surface area contributed by atoms with Crippen molar-refractivity contribution >= 4 is 22.8 Å². The summed E-state index contributed by atoms with van der Waals surface area (Å²) in [6.45, 7) is 8.34. The number of rotatable bonds is 6. The molecule has 146 valence electrons. The average molecular weight is 370 g/mol. The fraction of sp³-hybridized carbons (Fsp3) is 0.571. The third-order valence-corrected chi connectivity index (χ3v) is 5.39. The van der Waals surface area contributed by atoms with Crippen molar-refractivity contribution in [3.8, 4) is 0 Å². The number of nitrogens with zero attached hydrogens (tertiary/aromatic N) is 3. The van der Waals surface area contributed by atoms with Crippen LogP contribution in [0.4, 0.5) is 5.95 Å². The summed E-state index contributed by atoms with van der Waals surface area (Å²) in [7, 11) is 1.67. The van der Waals surface area contributed by atoms with Gasteiger partial charge in [-0.2, -0.15) is 0 Å². The Morgan fingerprint density at radius 1 is 1.30 bits per heavy atom.